The third-order valence-electron chi connectivity index (χ3n) is 3.16. The molecule has 2 heterocycles. The summed E-state index contributed by atoms with van der Waals surface area (Å²) in [6, 6.07) is 9.89. The molecule has 3 rings (SSSR count). The smallest absolute Gasteiger partial charge is 0.252 e. The van der Waals surface area contributed by atoms with Crippen LogP contribution in [0, 0.1) is 0 Å². The number of thiazole rings is 1. The molecule has 22 heavy (non-hydrogen) atoms. The van der Waals surface area contributed by atoms with E-state index in [0.717, 1.165) is 27.8 Å². The molecule has 0 fully saturated rings. The summed E-state index contributed by atoms with van der Waals surface area (Å²) in [6.07, 6.45) is 4.96. The molecule has 1 aromatic carbocycles. The topological polar surface area (TPSA) is 54.9 Å². The summed E-state index contributed by atoms with van der Waals surface area (Å²) in [6.45, 7) is 0.626. The number of carbonyl (C=O) groups is 1. The summed E-state index contributed by atoms with van der Waals surface area (Å²) in [5, 5.41) is 4.02. The number of hydrogen-bond donors (Lipinski definition) is 1. The molecular weight excluding hydrogens is 362 g/mol. The number of nitrogens with one attached hydrogen (secondary N) is 1. The largest absolute Gasteiger partial charge is 0.352 e. The molecule has 1 N–H and O–H groups in total. The molecule has 0 spiro atoms. The van der Waals surface area contributed by atoms with Gasteiger partial charge in [0.1, 0.15) is 0 Å². The highest BCUT2D eigenvalue weighted by molar-refractivity contribution is 9.10. The lowest BCUT2D eigenvalue weighted by Gasteiger charge is -2.04. The molecule has 4 nitrogen and oxygen atoms in total. The van der Waals surface area contributed by atoms with Crippen LogP contribution in [0.5, 0.6) is 0 Å². The van der Waals surface area contributed by atoms with Crippen LogP contribution in [0.4, 0.5) is 0 Å². The number of fused-ring (bicyclic) bond motifs is 1. The maximum Gasteiger partial charge on any atom is 0.252 e. The van der Waals surface area contributed by atoms with Crippen LogP contribution in [0.1, 0.15) is 21.8 Å². The van der Waals surface area contributed by atoms with Crippen LogP contribution in [-0.2, 0) is 6.42 Å². The number of benzene rings is 1. The minimum absolute atomic E-state index is 0.0990. The Morgan fingerprint density at radius 2 is 2.14 bits per heavy atom. The van der Waals surface area contributed by atoms with Crippen LogP contribution in [0.15, 0.2) is 47.2 Å². The summed E-state index contributed by atoms with van der Waals surface area (Å²) in [4.78, 5) is 20.5. The fourth-order valence-electron chi connectivity index (χ4n) is 2.11. The normalized spacial score (nSPS) is 10.8. The quantitative estimate of drug-likeness (QED) is 0.689. The van der Waals surface area contributed by atoms with Crippen molar-refractivity contribution in [1.29, 1.82) is 0 Å². The average Bonchev–Trinajstić information content (AvgIpc) is 2.94. The van der Waals surface area contributed by atoms with Crippen molar-refractivity contribution in [3.8, 4) is 0 Å². The second kappa shape index (κ2) is 6.98. The predicted octanol–water partition coefficient (Wildman–Crippen LogP) is 3.82. The predicted molar refractivity (Wildman–Crippen MR) is 92.2 cm³/mol. The molecule has 0 bridgehead atoms. The van der Waals surface area contributed by atoms with E-state index in [9.17, 15) is 4.79 Å². The summed E-state index contributed by atoms with van der Waals surface area (Å²) in [5.74, 6) is -0.0990. The molecule has 0 aliphatic heterocycles. The molecule has 112 valence electrons. The van der Waals surface area contributed by atoms with Crippen molar-refractivity contribution >= 4 is 43.4 Å². The van der Waals surface area contributed by atoms with Gasteiger partial charge in [0.2, 0.25) is 0 Å². The van der Waals surface area contributed by atoms with Gasteiger partial charge in [0, 0.05) is 29.8 Å². The van der Waals surface area contributed by atoms with Crippen molar-refractivity contribution in [3.63, 3.8) is 0 Å². The minimum atomic E-state index is -0.0990. The summed E-state index contributed by atoms with van der Waals surface area (Å²) in [7, 11) is 0. The van der Waals surface area contributed by atoms with Crippen molar-refractivity contribution in [2.75, 3.05) is 6.54 Å². The Morgan fingerprint density at radius 3 is 2.95 bits per heavy atom. The number of pyridine rings is 1. The van der Waals surface area contributed by atoms with Gasteiger partial charge >= 0.3 is 0 Å². The fraction of sp³-hybridized carbons (Fsp3) is 0.188. The first-order valence-corrected chi connectivity index (χ1v) is 8.56. The lowest BCUT2D eigenvalue weighted by atomic mass is 10.2. The summed E-state index contributed by atoms with van der Waals surface area (Å²) >= 11 is 5.02. The van der Waals surface area contributed by atoms with Crippen molar-refractivity contribution in [3.05, 3.63) is 57.8 Å². The van der Waals surface area contributed by atoms with Gasteiger partial charge in [-0.3, -0.25) is 9.78 Å². The van der Waals surface area contributed by atoms with Gasteiger partial charge in [0.25, 0.3) is 5.91 Å². The molecule has 1 amide bonds. The van der Waals surface area contributed by atoms with Gasteiger partial charge in [-0.05, 0) is 40.5 Å². The van der Waals surface area contributed by atoms with E-state index in [1.165, 1.54) is 4.70 Å². The van der Waals surface area contributed by atoms with Crippen LogP contribution in [0.25, 0.3) is 10.2 Å². The second-order valence-corrected chi connectivity index (χ2v) is 6.86. The lowest BCUT2D eigenvalue weighted by Crippen LogP contribution is -2.24. The molecule has 0 aliphatic carbocycles. The molecule has 0 radical (unpaired) electrons. The van der Waals surface area contributed by atoms with Crippen molar-refractivity contribution in [2.24, 2.45) is 0 Å². The maximum absolute atomic E-state index is 12.0. The van der Waals surface area contributed by atoms with Crippen molar-refractivity contribution in [2.45, 2.75) is 12.8 Å². The first-order chi connectivity index (χ1) is 10.7. The molecular formula is C16H14BrN3OS. The summed E-state index contributed by atoms with van der Waals surface area (Å²) in [5.41, 5.74) is 1.61. The van der Waals surface area contributed by atoms with Crippen LogP contribution >= 0.6 is 27.3 Å². The van der Waals surface area contributed by atoms with E-state index in [1.807, 2.05) is 18.2 Å². The lowest BCUT2D eigenvalue weighted by molar-refractivity contribution is 0.0953. The number of hydrogen-bond acceptors (Lipinski definition) is 4. The zero-order valence-electron chi connectivity index (χ0n) is 11.8. The number of rotatable bonds is 5. The molecule has 2 aromatic heterocycles. The number of amides is 1. The van der Waals surface area contributed by atoms with Gasteiger partial charge < -0.3 is 5.32 Å². The third-order valence-corrected chi connectivity index (χ3v) is 4.69. The van der Waals surface area contributed by atoms with E-state index in [1.54, 1.807) is 29.8 Å². The number of halogens is 1. The standard InChI is InChI=1S/C16H14BrN3OS/c17-12-8-11(9-18-10-12)16(21)19-7-3-6-15-20-13-4-1-2-5-14(13)22-15/h1-2,4-5,8-10H,3,6-7H2,(H,19,21). The maximum atomic E-state index is 12.0. The Balaban J connectivity index is 1.50. The van der Waals surface area contributed by atoms with Crippen LogP contribution in [0.3, 0.4) is 0 Å². The SMILES string of the molecule is O=C(NCCCc1nc2ccccc2s1)c1cncc(Br)c1. The second-order valence-electron chi connectivity index (χ2n) is 4.83. The highest BCUT2D eigenvalue weighted by Crippen LogP contribution is 2.22. The number of carbonyl (C=O) groups excluding carboxylic acids is 1. The first kappa shape index (κ1) is 15.1. The van der Waals surface area contributed by atoms with Crippen LogP contribution in [0.2, 0.25) is 0 Å². The van der Waals surface area contributed by atoms with E-state index >= 15 is 0 Å². The van der Waals surface area contributed by atoms with Gasteiger partial charge in [-0.1, -0.05) is 12.1 Å². The molecule has 0 unspecified atom stereocenters. The zero-order chi connectivity index (χ0) is 15.4. The van der Waals surface area contributed by atoms with Crippen molar-refractivity contribution in [1.82, 2.24) is 15.3 Å². The third kappa shape index (κ3) is 3.69. The van der Waals surface area contributed by atoms with E-state index in [4.69, 9.17) is 0 Å². The highest BCUT2D eigenvalue weighted by Gasteiger charge is 2.06. The monoisotopic (exact) mass is 375 g/mol. The van der Waals surface area contributed by atoms with Gasteiger partial charge in [0.05, 0.1) is 20.8 Å². The Morgan fingerprint density at radius 1 is 1.27 bits per heavy atom. The van der Waals surface area contributed by atoms with Crippen molar-refractivity contribution < 1.29 is 4.79 Å². The number of aryl methyl sites for hydroxylation is 1. The van der Waals surface area contributed by atoms with Gasteiger partial charge in [0.15, 0.2) is 0 Å². The van der Waals surface area contributed by atoms with E-state index in [-0.39, 0.29) is 5.91 Å². The molecule has 0 saturated heterocycles. The van der Waals surface area contributed by atoms with Crippen LogP contribution in [-0.4, -0.2) is 22.4 Å². The van der Waals surface area contributed by atoms with E-state index in [2.05, 4.69) is 37.3 Å². The molecule has 0 atom stereocenters. The molecule has 6 heteroatoms. The van der Waals surface area contributed by atoms with E-state index < -0.39 is 0 Å². The molecule has 0 saturated carbocycles. The number of nitrogens with zero attached hydrogens (tertiary/aromatic N) is 2. The number of para-hydroxylation sites is 1. The first-order valence-electron chi connectivity index (χ1n) is 6.95. The molecule has 3 aromatic rings. The Kier molecular flexibility index (Phi) is 4.80. The fourth-order valence-corrected chi connectivity index (χ4v) is 3.48. The van der Waals surface area contributed by atoms with Gasteiger partial charge in [-0.15, -0.1) is 11.3 Å². The Bertz CT molecular complexity index is 770. The van der Waals surface area contributed by atoms with E-state index in [0.29, 0.717) is 12.1 Å². The molecule has 0 aliphatic rings. The average molecular weight is 376 g/mol. The number of aromatic nitrogens is 2. The Hall–Kier alpha value is -1.79. The van der Waals surface area contributed by atoms with Crippen LogP contribution < -0.4 is 5.32 Å². The van der Waals surface area contributed by atoms with Gasteiger partial charge in [-0.25, -0.2) is 4.98 Å². The highest BCUT2D eigenvalue weighted by atomic mass is 79.9. The Labute approximate surface area is 140 Å². The van der Waals surface area contributed by atoms with Gasteiger partial charge in [-0.2, -0.15) is 0 Å². The summed E-state index contributed by atoms with van der Waals surface area (Å²) < 4.78 is 2.01. The zero-order valence-corrected chi connectivity index (χ0v) is 14.2. The minimum Gasteiger partial charge on any atom is -0.352 e.